The van der Waals surface area contributed by atoms with Gasteiger partial charge in [-0.2, -0.15) is 0 Å². The molecule has 0 bridgehead atoms. The van der Waals surface area contributed by atoms with Crippen molar-refractivity contribution in [3.8, 4) is 0 Å². The second-order valence-corrected chi connectivity index (χ2v) is 4.41. The van der Waals surface area contributed by atoms with E-state index in [1.54, 1.807) is 12.1 Å². The average molecular weight is 236 g/mol. The molecule has 0 aliphatic rings. The van der Waals surface area contributed by atoms with Crippen molar-refractivity contribution in [3.63, 3.8) is 0 Å². The molecular formula is C13H20N2O2. The van der Waals surface area contributed by atoms with Crippen molar-refractivity contribution < 1.29 is 4.92 Å². The van der Waals surface area contributed by atoms with Crippen molar-refractivity contribution in [2.45, 2.75) is 39.7 Å². The van der Waals surface area contributed by atoms with Gasteiger partial charge < -0.3 is 4.90 Å². The van der Waals surface area contributed by atoms with Crippen LogP contribution in [0.4, 0.5) is 11.4 Å². The van der Waals surface area contributed by atoms with Crippen LogP contribution in [0.25, 0.3) is 0 Å². The molecule has 0 spiro atoms. The highest BCUT2D eigenvalue weighted by Gasteiger charge is 2.11. The van der Waals surface area contributed by atoms with Crippen molar-refractivity contribution in [2.75, 3.05) is 11.4 Å². The van der Waals surface area contributed by atoms with Crippen molar-refractivity contribution in [1.82, 2.24) is 0 Å². The lowest BCUT2D eigenvalue weighted by molar-refractivity contribution is -0.384. The number of non-ortho nitro benzene ring substituents is 1. The number of benzene rings is 1. The van der Waals surface area contributed by atoms with E-state index in [1.165, 1.54) is 0 Å². The first-order chi connectivity index (χ1) is 8.06. The molecule has 94 valence electrons. The van der Waals surface area contributed by atoms with Gasteiger partial charge in [-0.15, -0.1) is 0 Å². The number of nitro benzene ring substituents is 1. The summed E-state index contributed by atoms with van der Waals surface area (Å²) in [6.45, 7) is 7.43. The van der Waals surface area contributed by atoms with E-state index in [0.717, 1.165) is 25.1 Å². The number of hydrogen-bond acceptors (Lipinski definition) is 3. The monoisotopic (exact) mass is 236 g/mol. The third-order valence-electron chi connectivity index (χ3n) is 2.77. The Morgan fingerprint density at radius 1 is 1.29 bits per heavy atom. The molecule has 0 fully saturated rings. The van der Waals surface area contributed by atoms with Crippen LogP contribution in [0.5, 0.6) is 0 Å². The van der Waals surface area contributed by atoms with Crippen LogP contribution in [0.2, 0.25) is 0 Å². The van der Waals surface area contributed by atoms with Gasteiger partial charge in [0, 0.05) is 30.4 Å². The normalized spacial score (nSPS) is 10.6. The number of nitrogens with zero attached hydrogens (tertiary/aromatic N) is 2. The van der Waals surface area contributed by atoms with Crippen LogP contribution in [-0.4, -0.2) is 17.5 Å². The van der Waals surface area contributed by atoms with Crippen molar-refractivity contribution in [1.29, 1.82) is 0 Å². The van der Waals surface area contributed by atoms with Gasteiger partial charge in [0.2, 0.25) is 0 Å². The number of rotatable bonds is 6. The fourth-order valence-corrected chi connectivity index (χ4v) is 1.78. The second kappa shape index (κ2) is 6.23. The molecule has 17 heavy (non-hydrogen) atoms. The Morgan fingerprint density at radius 3 is 2.29 bits per heavy atom. The smallest absolute Gasteiger partial charge is 0.269 e. The maximum Gasteiger partial charge on any atom is 0.269 e. The van der Waals surface area contributed by atoms with E-state index in [-0.39, 0.29) is 10.6 Å². The average Bonchev–Trinajstić information content (AvgIpc) is 2.29. The first-order valence-electron chi connectivity index (χ1n) is 6.07. The Labute approximate surface area is 102 Å². The van der Waals surface area contributed by atoms with Crippen molar-refractivity contribution in [2.24, 2.45) is 0 Å². The fourth-order valence-electron chi connectivity index (χ4n) is 1.78. The van der Waals surface area contributed by atoms with Crippen LogP contribution >= 0.6 is 0 Å². The predicted octanol–water partition coefficient (Wildman–Crippen LogP) is 3.61. The largest absolute Gasteiger partial charge is 0.369 e. The molecule has 0 heterocycles. The summed E-state index contributed by atoms with van der Waals surface area (Å²) in [6, 6.07) is 7.19. The fraction of sp³-hybridized carbons (Fsp3) is 0.538. The van der Waals surface area contributed by atoms with Gasteiger partial charge >= 0.3 is 0 Å². The van der Waals surface area contributed by atoms with Gasteiger partial charge in [-0.05, 0) is 32.4 Å². The van der Waals surface area contributed by atoms with Gasteiger partial charge in [0.25, 0.3) is 5.69 Å². The van der Waals surface area contributed by atoms with Gasteiger partial charge in [-0.25, -0.2) is 0 Å². The Bertz CT molecular complexity index is 360. The van der Waals surface area contributed by atoms with E-state index in [0.29, 0.717) is 6.04 Å². The van der Waals surface area contributed by atoms with E-state index < -0.39 is 0 Å². The Kier molecular flexibility index (Phi) is 4.94. The van der Waals surface area contributed by atoms with Gasteiger partial charge in [0.1, 0.15) is 0 Å². The summed E-state index contributed by atoms with van der Waals surface area (Å²) in [7, 11) is 0. The van der Waals surface area contributed by atoms with Crippen LogP contribution in [0, 0.1) is 10.1 Å². The van der Waals surface area contributed by atoms with Gasteiger partial charge in [0.15, 0.2) is 0 Å². The Balaban J connectivity index is 2.83. The summed E-state index contributed by atoms with van der Waals surface area (Å²) in [5.74, 6) is 0. The summed E-state index contributed by atoms with van der Waals surface area (Å²) in [5, 5.41) is 10.6. The van der Waals surface area contributed by atoms with Crippen LogP contribution in [0.15, 0.2) is 24.3 Å². The van der Waals surface area contributed by atoms with Crippen molar-refractivity contribution in [3.05, 3.63) is 34.4 Å². The van der Waals surface area contributed by atoms with E-state index >= 15 is 0 Å². The standard InChI is InChI=1S/C13H20N2O2/c1-4-5-10-14(11(2)3)12-6-8-13(9-7-12)15(16)17/h6-9,11H,4-5,10H2,1-3H3. The molecule has 4 nitrogen and oxygen atoms in total. The number of unbranched alkanes of at least 4 members (excludes halogenated alkanes) is 1. The summed E-state index contributed by atoms with van der Waals surface area (Å²) in [5.41, 5.74) is 1.20. The third kappa shape index (κ3) is 3.73. The summed E-state index contributed by atoms with van der Waals surface area (Å²) in [6.07, 6.45) is 2.28. The molecule has 0 atom stereocenters. The highest BCUT2D eigenvalue weighted by atomic mass is 16.6. The minimum atomic E-state index is -0.366. The molecule has 1 aromatic carbocycles. The minimum absolute atomic E-state index is 0.146. The molecule has 1 aromatic rings. The van der Waals surface area contributed by atoms with Gasteiger partial charge in [0.05, 0.1) is 4.92 Å². The number of hydrogen-bond donors (Lipinski definition) is 0. The van der Waals surface area contributed by atoms with Gasteiger partial charge in [-0.1, -0.05) is 13.3 Å². The number of nitro groups is 1. The van der Waals surface area contributed by atoms with Crippen molar-refractivity contribution >= 4 is 11.4 Å². The van der Waals surface area contributed by atoms with Gasteiger partial charge in [-0.3, -0.25) is 10.1 Å². The van der Waals surface area contributed by atoms with Crippen LogP contribution in [-0.2, 0) is 0 Å². The lowest BCUT2D eigenvalue weighted by atomic mass is 10.2. The molecule has 0 N–H and O–H groups in total. The molecule has 4 heteroatoms. The summed E-state index contributed by atoms with van der Waals surface area (Å²) >= 11 is 0. The zero-order chi connectivity index (χ0) is 12.8. The first-order valence-corrected chi connectivity index (χ1v) is 6.07. The van der Waals surface area contributed by atoms with E-state index in [1.807, 2.05) is 12.1 Å². The highest BCUT2D eigenvalue weighted by Crippen LogP contribution is 2.21. The molecule has 1 rings (SSSR count). The van der Waals surface area contributed by atoms with E-state index in [9.17, 15) is 10.1 Å². The first kappa shape index (κ1) is 13.5. The SMILES string of the molecule is CCCCN(c1ccc([N+](=O)[O-])cc1)C(C)C. The molecule has 0 radical (unpaired) electrons. The second-order valence-electron chi connectivity index (χ2n) is 4.41. The molecule has 0 aliphatic heterocycles. The van der Waals surface area contributed by atoms with Crippen LogP contribution in [0.3, 0.4) is 0 Å². The minimum Gasteiger partial charge on any atom is -0.369 e. The maximum absolute atomic E-state index is 10.6. The van der Waals surface area contributed by atoms with E-state index in [2.05, 4.69) is 25.7 Å². The molecule has 0 saturated heterocycles. The summed E-state index contributed by atoms with van der Waals surface area (Å²) in [4.78, 5) is 12.5. The molecule has 0 aromatic heterocycles. The quantitative estimate of drug-likeness (QED) is 0.560. The third-order valence-corrected chi connectivity index (χ3v) is 2.77. The summed E-state index contributed by atoms with van der Waals surface area (Å²) < 4.78 is 0. The zero-order valence-corrected chi connectivity index (χ0v) is 10.7. The molecule has 0 aliphatic carbocycles. The number of anilines is 1. The lowest BCUT2D eigenvalue weighted by Crippen LogP contribution is -2.31. The molecule has 0 amide bonds. The predicted molar refractivity (Wildman–Crippen MR) is 70.5 cm³/mol. The van der Waals surface area contributed by atoms with Crippen LogP contribution < -0.4 is 4.90 Å². The highest BCUT2D eigenvalue weighted by molar-refractivity contribution is 5.51. The lowest BCUT2D eigenvalue weighted by Gasteiger charge is -2.28. The topological polar surface area (TPSA) is 46.4 Å². The Hall–Kier alpha value is -1.58. The zero-order valence-electron chi connectivity index (χ0n) is 10.7. The molecule has 0 saturated carbocycles. The Morgan fingerprint density at radius 2 is 1.88 bits per heavy atom. The van der Waals surface area contributed by atoms with E-state index in [4.69, 9.17) is 0 Å². The van der Waals surface area contributed by atoms with Crippen LogP contribution in [0.1, 0.15) is 33.6 Å². The molecular weight excluding hydrogens is 216 g/mol. The maximum atomic E-state index is 10.6. The molecule has 0 unspecified atom stereocenters.